The Labute approximate surface area is 120 Å². The largest absolute Gasteiger partial charge is 0.409 e. The Bertz CT molecular complexity index is 467. The smallest absolute Gasteiger partial charge is 0.188 e. The number of hydrogen-bond acceptors (Lipinski definition) is 4. The van der Waals surface area contributed by atoms with Gasteiger partial charge in [-0.15, -0.1) is 0 Å². The van der Waals surface area contributed by atoms with Gasteiger partial charge >= 0.3 is 0 Å². The highest BCUT2D eigenvalue weighted by Gasteiger charge is 2.25. The maximum atomic E-state index is 8.67. The van der Waals surface area contributed by atoms with Crippen molar-refractivity contribution >= 4 is 5.84 Å². The van der Waals surface area contributed by atoms with E-state index < -0.39 is 0 Å². The highest BCUT2D eigenvalue weighted by Crippen LogP contribution is 2.34. The van der Waals surface area contributed by atoms with Crippen LogP contribution in [0, 0.1) is 5.41 Å². The average Bonchev–Trinajstić information content (AvgIpc) is 2.47. The summed E-state index contributed by atoms with van der Waals surface area (Å²) in [6.45, 7) is 4.19. The van der Waals surface area contributed by atoms with Gasteiger partial charge in [-0.3, -0.25) is 4.98 Å². The first kappa shape index (κ1) is 14.8. The molecule has 1 aliphatic rings. The molecule has 0 spiro atoms. The van der Waals surface area contributed by atoms with Crippen LogP contribution in [0.4, 0.5) is 0 Å². The zero-order valence-corrected chi connectivity index (χ0v) is 12.1. The Balaban J connectivity index is 1.88. The average molecular weight is 276 g/mol. The Kier molecular flexibility index (Phi) is 4.95. The minimum atomic E-state index is 0.0473. The first-order valence-electron chi connectivity index (χ1n) is 7.26. The number of nitrogens with zero attached hydrogens (tertiary/aromatic N) is 2. The highest BCUT2D eigenvalue weighted by molar-refractivity contribution is 5.95. The van der Waals surface area contributed by atoms with Gasteiger partial charge in [0.25, 0.3) is 0 Å². The number of rotatable bonds is 5. The molecule has 4 N–H and O–H groups in total. The number of aromatic nitrogens is 1. The Morgan fingerprint density at radius 3 is 2.90 bits per heavy atom. The van der Waals surface area contributed by atoms with Gasteiger partial charge in [-0.2, -0.15) is 0 Å². The summed E-state index contributed by atoms with van der Waals surface area (Å²) in [6, 6.07) is 3.80. The molecule has 1 aromatic heterocycles. The molecule has 5 nitrogen and oxygen atoms in total. The van der Waals surface area contributed by atoms with Gasteiger partial charge in [-0.25, -0.2) is 0 Å². The molecule has 1 aliphatic carbocycles. The summed E-state index contributed by atoms with van der Waals surface area (Å²) < 4.78 is 0. The standard InChI is InChI=1S/C15H24N4O/c1-15(6-3-2-4-7-15)11-17-10-12-5-8-18-13(9-12)14(16)19-20/h5,8-9,17,20H,2-4,6-7,10-11H2,1H3,(H2,16,19). The molecule has 110 valence electrons. The number of nitrogens with two attached hydrogens (primary N) is 1. The van der Waals surface area contributed by atoms with E-state index in [0.29, 0.717) is 11.1 Å². The summed E-state index contributed by atoms with van der Waals surface area (Å²) in [6.07, 6.45) is 8.38. The summed E-state index contributed by atoms with van der Waals surface area (Å²) in [4.78, 5) is 4.08. The zero-order valence-electron chi connectivity index (χ0n) is 12.1. The van der Waals surface area contributed by atoms with E-state index in [4.69, 9.17) is 10.9 Å². The lowest BCUT2D eigenvalue weighted by atomic mass is 9.76. The monoisotopic (exact) mass is 276 g/mol. The molecule has 2 rings (SSSR count). The maximum absolute atomic E-state index is 8.67. The molecule has 0 unspecified atom stereocenters. The third-order valence-electron chi connectivity index (χ3n) is 4.14. The van der Waals surface area contributed by atoms with Crippen LogP contribution in [0.3, 0.4) is 0 Å². The second-order valence-corrected chi connectivity index (χ2v) is 6.01. The van der Waals surface area contributed by atoms with Gasteiger partial charge in [-0.05, 0) is 36.0 Å². The summed E-state index contributed by atoms with van der Waals surface area (Å²) in [5.74, 6) is 0.0473. The second-order valence-electron chi connectivity index (χ2n) is 6.01. The fourth-order valence-corrected chi connectivity index (χ4v) is 2.87. The van der Waals surface area contributed by atoms with Gasteiger partial charge in [0.05, 0.1) is 0 Å². The third kappa shape index (κ3) is 3.93. The zero-order chi connectivity index (χ0) is 14.4. The topological polar surface area (TPSA) is 83.5 Å². The van der Waals surface area contributed by atoms with E-state index >= 15 is 0 Å². The predicted octanol–water partition coefficient (Wildman–Crippen LogP) is 2.24. The van der Waals surface area contributed by atoms with Crippen molar-refractivity contribution in [2.75, 3.05) is 6.54 Å². The number of pyridine rings is 1. The van der Waals surface area contributed by atoms with Crippen molar-refractivity contribution < 1.29 is 5.21 Å². The molecular weight excluding hydrogens is 252 g/mol. The van der Waals surface area contributed by atoms with E-state index in [1.807, 2.05) is 12.1 Å². The van der Waals surface area contributed by atoms with Gasteiger partial charge in [0, 0.05) is 19.3 Å². The predicted molar refractivity (Wildman–Crippen MR) is 79.6 cm³/mol. The summed E-state index contributed by atoms with van der Waals surface area (Å²) in [5.41, 5.74) is 7.59. The van der Waals surface area contributed by atoms with Gasteiger partial charge in [-0.1, -0.05) is 31.3 Å². The van der Waals surface area contributed by atoms with Gasteiger partial charge in [0.1, 0.15) is 5.69 Å². The van der Waals surface area contributed by atoms with E-state index in [1.165, 1.54) is 32.1 Å². The molecule has 20 heavy (non-hydrogen) atoms. The van der Waals surface area contributed by atoms with Crippen LogP contribution in [0.25, 0.3) is 0 Å². The van der Waals surface area contributed by atoms with Crippen LogP contribution in [0.15, 0.2) is 23.5 Å². The van der Waals surface area contributed by atoms with Crippen LogP contribution in [0.2, 0.25) is 0 Å². The van der Waals surface area contributed by atoms with E-state index in [9.17, 15) is 0 Å². The molecule has 0 radical (unpaired) electrons. The molecule has 1 saturated carbocycles. The Morgan fingerprint density at radius 2 is 2.20 bits per heavy atom. The minimum absolute atomic E-state index is 0.0473. The fraction of sp³-hybridized carbons (Fsp3) is 0.600. The van der Waals surface area contributed by atoms with Gasteiger partial charge < -0.3 is 16.3 Å². The van der Waals surface area contributed by atoms with Crippen molar-refractivity contribution in [2.45, 2.75) is 45.6 Å². The van der Waals surface area contributed by atoms with Crippen molar-refractivity contribution in [3.05, 3.63) is 29.6 Å². The fourth-order valence-electron chi connectivity index (χ4n) is 2.87. The van der Waals surface area contributed by atoms with E-state index in [2.05, 4.69) is 22.4 Å². The minimum Gasteiger partial charge on any atom is -0.409 e. The van der Waals surface area contributed by atoms with Crippen LogP contribution >= 0.6 is 0 Å². The second kappa shape index (κ2) is 6.70. The molecule has 0 atom stereocenters. The molecule has 0 bridgehead atoms. The highest BCUT2D eigenvalue weighted by atomic mass is 16.4. The Morgan fingerprint density at radius 1 is 1.45 bits per heavy atom. The van der Waals surface area contributed by atoms with E-state index in [1.54, 1.807) is 6.20 Å². The molecule has 1 aromatic rings. The van der Waals surface area contributed by atoms with Crippen LogP contribution in [0.1, 0.15) is 50.3 Å². The van der Waals surface area contributed by atoms with Gasteiger partial charge in [0.2, 0.25) is 0 Å². The summed E-state index contributed by atoms with van der Waals surface area (Å²) in [5, 5.41) is 15.2. The van der Waals surface area contributed by atoms with Crippen LogP contribution in [-0.4, -0.2) is 22.6 Å². The SMILES string of the molecule is CC1(CNCc2ccnc(/C(N)=N/O)c2)CCCCC1. The lowest BCUT2D eigenvalue weighted by Gasteiger charge is -2.33. The summed E-state index contributed by atoms with van der Waals surface area (Å²) >= 11 is 0. The lowest BCUT2D eigenvalue weighted by Crippen LogP contribution is -2.33. The van der Waals surface area contributed by atoms with Crippen LogP contribution < -0.4 is 11.1 Å². The molecule has 5 heteroatoms. The van der Waals surface area contributed by atoms with Crippen LogP contribution in [-0.2, 0) is 6.54 Å². The van der Waals surface area contributed by atoms with Crippen molar-refractivity contribution in [3.63, 3.8) is 0 Å². The number of oxime groups is 1. The molecule has 0 amide bonds. The maximum Gasteiger partial charge on any atom is 0.188 e. The molecule has 1 fully saturated rings. The molecule has 0 aliphatic heterocycles. The van der Waals surface area contributed by atoms with Crippen LogP contribution in [0.5, 0.6) is 0 Å². The third-order valence-corrected chi connectivity index (χ3v) is 4.14. The Hall–Kier alpha value is -1.62. The van der Waals surface area contributed by atoms with Crippen molar-refractivity contribution in [1.29, 1.82) is 0 Å². The van der Waals surface area contributed by atoms with Crippen molar-refractivity contribution in [3.8, 4) is 0 Å². The molecular formula is C15H24N4O. The van der Waals surface area contributed by atoms with Crippen molar-refractivity contribution in [2.24, 2.45) is 16.3 Å². The molecule has 0 saturated heterocycles. The first-order valence-corrected chi connectivity index (χ1v) is 7.26. The molecule has 0 aromatic carbocycles. The lowest BCUT2D eigenvalue weighted by molar-refractivity contribution is 0.207. The van der Waals surface area contributed by atoms with Crippen molar-refractivity contribution in [1.82, 2.24) is 10.3 Å². The first-order chi connectivity index (χ1) is 9.63. The van der Waals surface area contributed by atoms with E-state index in [0.717, 1.165) is 18.7 Å². The quantitative estimate of drug-likeness (QED) is 0.333. The summed E-state index contributed by atoms with van der Waals surface area (Å²) in [7, 11) is 0. The number of nitrogens with one attached hydrogen (secondary N) is 1. The number of amidine groups is 1. The molecule has 1 heterocycles. The number of hydrogen-bond donors (Lipinski definition) is 3. The van der Waals surface area contributed by atoms with Gasteiger partial charge in [0.15, 0.2) is 5.84 Å². The van der Waals surface area contributed by atoms with E-state index in [-0.39, 0.29) is 5.84 Å². The normalized spacial score (nSPS) is 18.9.